The Morgan fingerprint density at radius 3 is 2.11 bits per heavy atom. The molecule has 0 saturated heterocycles. The van der Waals surface area contributed by atoms with Gasteiger partial charge in [-0.2, -0.15) is 0 Å². The Kier molecular flexibility index (Phi) is 10.9. The van der Waals surface area contributed by atoms with Crippen molar-refractivity contribution < 1.29 is 33.3 Å². The van der Waals surface area contributed by atoms with E-state index in [1.807, 2.05) is 26.0 Å². The minimum Gasteiger partial charge on any atom is -0.493 e. The van der Waals surface area contributed by atoms with Crippen LogP contribution in [0.25, 0.3) is 0 Å². The third kappa shape index (κ3) is 8.44. The predicted octanol–water partition coefficient (Wildman–Crippen LogP) is 6.31. The van der Waals surface area contributed by atoms with E-state index in [9.17, 15) is 14.0 Å². The Morgan fingerprint density at radius 1 is 1.03 bits per heavy atom. The zero-order chi connectivity index (χ0) is 26.2. The highest BCUT2D eigenvalue weighted by atomic mass is 35.5. The molecule has 0 bridgehead atoms. The predicted molar refractivity (Wildman–Crippen MR) is 134 cm³/mol. The van der Waals surface area contributed by atoms with Crippen LogP contribution in [0.1, 0.15) is 38.3 Å². The number of carboxylic acid groups (broad SMARTS) is 1. The summed E-state index contributed by atoms with van der Waals surface area (Å²) in [6, 6.07) is 10.7. The molecule has 2 aromatic carbocycles. The van der Waals surface area contributed by atoms with E-state index in [0.717, 1.165) is 11.1 Å². The molecule has 0 aromatic heterocycles. The summed E-state index contributed by atoms with van der Waals surface area (Å²) in [5.74, 6) is -1.40. The van der Waals surface area contributed by atoms with Gasteiger partial charge in [-0.05, 0) is 35.4 Å². The summed E-state index contributed by atoms with van der Waals surface area (Å²) >= 11 is 18.7. The maximum Gasteiger partial charge on any atom is 0.303 e. The van der Waals surface area contributed by atoms with E-state index in [-0.39, 0.29) is 31.3 Å². The smallest absolute Gasteiger partial charge is 0.303 e. The van der Waals surface area contributed by atoms with Gasteiger partial charge in [0.1, 0.15) is 18.5 Å². The number of hydrogen-bond acceptors (Lipinski definition) is 5. The van der Waals surface area contributed by atoms with E-state index in [1.165, 1.54) is 6.92 Å². The second-order valence-corrected chi connectivity index (χ2v) is 9.67. The molecule has 0 heterocycles. The van der Waals surface area contributed by atoms with Gasteiger partial charge in [-0.15, -0.1) is 11.6 Å². The van der Waals surface area contributed by atoms with Crippen molar-refractivity contribution in [1.29, 1.82) is 0 Å². The molecule has 0 saturated carbocycles. The molecule has 0 aliphatic rings. The fourth-order valence-electron chi connectivity index (χ4n) is 3.33. The monoisotopic (exact) mass is 548 g/mol. The van der Waals surface area contributed by atoms with Crippen molar-refractivity contribution in [2.24, 2.45) is 5.92 Å². The number of halogens is 4. The van der Waals surface area contributed by atoms with Crippen molar-refractivity contribution in [1.82, 2.24) is 0 Å². The molecule has 10 heteroatoms. The number of carbonyl (C=O) groups is 2. The Labute approximate surface area is 219 Å². The molecule has 0 fully saturated rings. The number of ether oxygens (including phenoxy) is 3. The van der Waals surface area contributed by atoms with Crippen molar-refractivity contribution in [2.75, 3.05) is 25.8 Å². The molecular weight excluding hydrogens is 522 g/mol. The number of carboxylic acids is 1. The number of benzene rings is 2. The highest BCUT2D eigenvalue weighted by Crippen LogP contribution is 2.40. The Morgan fingerprint density at radius 2 is 1.63 bits per heavy atom. The zero-order valence-electron chi connectivity index (χ0n) is 19.7. The van der Waals surface area contributed by atoms with Crippen LogP contribution in [0.5, 0.6) is 11.5 Å². The Hall–Kier alpha value is -2.22. The Bertz CT molecular complexity index is 990. The lowest BCUT2D eigenvalue weighted by atomic mass is 9.78. The number of hydrogen-bond donors (Lipinski definition) is 1. The fraction of sp³-hybridized carbons (Fsp3) is 0.440. The second kappa shape index (κ2) is 13.2. The summed E-state index contributed by atoms with van der Waals surface area (Å²) < 4.78 is 29.3. The van der Waals surface area contributed by atoms with Gasteiger partial charge >= 0.3 is 11.9 Å². The number of rotatable bonds is 13. The van der Waals surface area contributed by atoms with Gasteiger partial charge in [0.05, 0.1) is 35.6 Å². The summed E-state index contributed by atoms with van der Waals surface area (Å²) in [5, 5.41) is 9.42. The van der Waals surface area contributed by atoms with Crippen molar-refractivity contribution in [2.45, 2.75) is 38.7 Å². The number of carbonyl (C=O) groups excluding carboxylic acids is 1. The van der Waals surface area contributed by atoms with E-state index in [0.29, 0.717) is 15.8 Å². The maximum absolute atomic E-state index is 13.0. The van der Waals surface area contributed by atoms with Crippen molar-refractivity contribution in [3.05, 3.63) is 57.6 Å². The van der Waals surface area contributed by atoms with Crippen LogP contribution in [0.2, 0.25) is 10.0 Å². The molecule has 2 atom stereocenters. The molecule has 0 radical (unpaired) electrons. The van der Waals surface area contributed by atoms with Gasteiger partial charge in [-0.25, -0.2) is 0 Å². The van der Waals surface area contributed by atoms with Gasteiger partial charge in [-0.3, -0.25) is 14.0 Å². The summed E-state index contributed by atoms with van der Waals surface area (Å²) in [5.41, 5.74) is 1.28. The van der Waals surface area contributed by atoms with Gasteiger partial charge in [0.25, 0.3) is 0 Å². The molecule has 0 spiro atoms. The molecule has 0 amide bonds. The van der Waals surface area contributed by atoms with E-state index in [2.05, 4.69) is 0 Å². The molecule has 1 N–H and O–H groups in total. The molecule has 6 nitrogen and oxygen atoms in total. The van der Waals surface area contributed by atoms with Crippen LogP contribution in [0.3, 0.4) is 0 Å². The van der Waals surface area contributed by atoms with Crippen LogP contribution in [-0.4, -0.2) is 48.9 Å². The summed E-state index contributed by atoms with van der Waals surface area (Å²) in [6.45, 7) is 4.50. The van der Waals surface area contributed by atoms with E-state index in [4.69, 9.17) is 54.1 Å². The Balaban J connectivity index is 2.14. The van der Waals surface area contributed by atoms with Gasteiger partial charge in [0.15, 0.2) is 5.75 Å². The van der Waals surface area contributed by atoms with E-state index in [1.54, 1.807) is 24.3 Å². The van der Waals surface area contributed by atoms with E-state index < -0.39 is 36.1 Å². The van der Waals surface area contributed by atoms with Crippen LogP contribution >= 0.6 is 34.8 Å². The second-order valence-electron chi connectivity index (χ2n) is 8.54. The first kappa shape index (κ1) is 29.0. The average Bonchev–Trinajstić information content (AvgIpc) is 2.80. The maximum atomic E-state index is 13.0. The zero-order valence-corrected chi connectivity index (χ0v) is 21.9. The lowest BCUT2D eigenvalue weighted by Crippen LogP contribution is -2.26. The van der Waals surface area contributed by atoms with Crippen LogP contribution in [0.4, 0.5) is 4.39 Å². The SMILES string of the molecule is CC(=O)O[C@H](CCl)COc1c(Cl)cc(C(C)(C)c2ccc(OC[C@@H](CF)CC(=O)O)cc2)cc1Cl. The highest BCUT2D eigenvalue weighted by Gasteiger charge is 2.26. The molecule has 192 valence electrons. The minimum atomic E-state index is -1.06. The largest absolute Gasteiger partial charge is 0.493 e. The average molecular weight is 550 g/mol. The minimum absolute atomic E-state index is 0.00243. The number of aliphatic carboxylic acids is 1. The number of esters is 1. The molecule has 35 heavy (non-hydrogen) atoms. The number of alkyl halides is 2. The van der Waals surface area contributed by atoms with Crippen molar-refractivity contribution in [3.63, 3.8) is 0 Å². The molecular formula is C25H28Cl3FO6. The van der Waals surface area contributed by atoms with Gasteiger partial charge in [-0.1, -0.05) is 49.2 Å². The van der Waals surface area contributed by atoms with Gasteiger partial charge < -0.3 is 19.3 Å². The van der Waals surface area contributed by atoms with Crippen molar-refractivity contribution >= 4 is 46.7 Å². The molecule has 2 rings (SSSR count). The molecule has 0 unspecified atom stereocenters. The topological polar surface area (TPSA) is 82.1 Å². The first-order chi connectivity index (χ1) is 16.5. The van der Waals surface area contributed by atoms with Crippen LogP contribution < -0.4 is 9.47 Å². The lowest BCUT2D eigenvalue weighted by molar-refractivity contribution is -0.146. The van der Waals surface area contributed by atoms with E-state index >= 15 is 0 Å². The standard InChI is InChI=1S/C25H28Cl3FO6/c1-15(30)35-20(11-26)14-34-24-21(27)9-18(10-22(24)28)25(2,3)17-4-6-19(7-5-17)33-13-16(12-29)8-23(31)32/h4-7,9-10,16,20H,8,11-14H2,1-3H3,(H,31,32)/t16-,20-/m1/s1. The van der Waals surface area contributed by atoms with Gasteiger partial charge in [0, 0.05) is 18.3 Å². The molecule has 2 aromatic rings. The van der Waals surface area contributed by atoms with Gasteiger partial charge in [0.2, 0.25) is 0 Å². The quantitative estimate of drug-likeness (QED) is 0.233. The summed E-state index contributed by atoms with van der Waals surface area (Å²) in [7, 11) is 0. The molecule has 0 aliphatic carbocycles. The van der Waals surface area contributed by atoms with Crippen LogP contribution in [0.15, 0.2) is 36.4 Å². The van der Waals surface area contributed by atoms with Crippen LogP contribution in [-0.2, 0) is 19.7 Å². The van der Waals surface area contributed by atoms with Crippen LogP contribution in [0, 0.1) is 5.92 Å². The highest BCUT2D eigenvalue weighted by molar-refractivity contribution is 6.37. The lowest BCUT2D eigenvalue weighted by Gasteiger charge is -2.27. The third-order valence-electron chi connectivity index (χ3n) is 5.38. The normalized spacial score (nSPS) is 13.1. The van der Waals surface area contributed by atoms with Crippen molar-refractivity contribution in [3.8, 4) is 11.5 Å². The first-order valence-electron chi connectivity index (χ1n) is 10.8. The fourth-order valence-corrected chi connectivity index (χ4v) is 4.08. The third-order valence-corrected chi connectivity index (χ3v) is 6.29. The summed E-state index contributed by atoms with van der Waals surface area (Å²) in [4.78, 5) is 21.9. The first-order valence-corrected chi connectivity index (χ1v) is 12.1. The summed E-state index contributed by atoms with van der Waals surface area (Å²) in [6.07, 6.45) is -0.929. The molecule has 0 aliphatic heterocycles.